The van der Waals surface area contributed by atoms with E-state index in [-0.39, 0.29) is 5.82 Å². The Bertz CT molecular complexity index is 405. The standard InChI is InChI=1S/C15H23FN2/c1-11-7-8-18(12(2)9-11)15-13(10-17-3)5-4-6-14(15)16/h4-6,11-12,17H,7-10H2,1-3H3. The van der Waals surface area contributed by atoms with Crippen LogP contribution in [0, 0.1) is 11.7 Å². The van der Waals surface area contributed by atoms with Crippen LogP contribution in [-0.2, 0) is 6.54 Å². The first-order chi connectivity index (χ1) is 8.63. The van der Waals surface area contributed by atoms with Crippen LogP contribution in [0.5, 0.6) is 0 Å². The molecule has 100 valence electrons. The molecule has 2 nitrogen and oxygen atoms in total. The molecule has 0 radical (unpaired) electrons. The van der Waals surface area contributed by atoms with Gasteiger partial charge < -0.3 is 10.2 Å². The number of hydrogen-bond donors (Lipinski definition) is 1. The van der Waals surface area contributed by atoms with Crippen LogP contribution in [0.15, 0.2) is 18.2 Å². The van der Waals surface area contributed by atoms with E-state index in [9.17, 15) is 4.39 Å². The van der Waals surface area contributed by atoms with Crippen molar-refractivity contribution in [1.82, 2.24) is 5.32 Å². The highest BCUT2D eigenvalue weighted by Gasteiger charge is 2.26. The van der Waals surface area contributed by atoms with Crippen molar-refractivity contribution in [1.29, 1.82) is 0 Å². The van der Waals surface area contributed by atoms with Gasteiger partial charge in [-0.3, -0.25) is 0 Å². The summed E-state index contributed by atoms with van der Waals surface area (Å²) in [6, 6.07) is 5.79. The summed E-state index contributed by atoms with van der Waals surface area (Å²) in [4.78, 5) is 2.24. The van der Waals surface area contributed by atoms with Crippen molar-refractivity contribution in [2.75, 3.05) is 18.5 Å². The highest BCUT2D eigenvalue weighted by atomic mass is 19.1. The first-order valence-corrected chi connectivity index (χ1v) is 6.82. The maximum Gasteiger partial charge on any atom is 0.146 e. The Hall–Kier alpha value is -1.09. The van der Waals surface area contributed by atoms with Crippen molar-refractivity contribution in [3.05, 3.63) is 29.6 Å². The number of rotatable bonds is 3. The largest absolute Gasteiger partial charge is 0.366 e. The molecule has 1 heterocycles. The molecule has 18 heavy (non-hydrogen) atoms. The highest BCUT2D eigenvalue weighted by Crippen LogP contribution is 2.32. The van der Waals surface area contributed by atoms with Gasteiger partial charge >= 0.3 is 0 Å². The zero-order chi connectivity index (χ0) is 13.1. The second-order valence-electron chi connectivity index (χ2n) is 5.45. The lowest BCUT2D eigenvalue weighted by Crippen LogP contribution is -2.41. The molecule has 0 spiro atoms. The molecule has 1 saturated heterocycles. The first-order valence-electron chi connectivity index (χ1n) is 6.82. The normalized spacial score (nSPS) is 24.3. The van der Waals surface area contributed by atoms with Crippen LogP contribution in [0.1, 0.15) is 32.3 Å². The summed E-state index contributed by atoms with van der Waals surface area (Å²) < 4.78 is 14.2. The first kappa shape index (κ1) is 13.3. The molecule has 2 rings (SSSR count). The number of nitrogens with one attached hydrogen (secondary N) is 1. The molecule has 1 aromatic carbocycles. The van der Waals surface area contributed by atoms with E-state index in [1.165, 1.54) is 0 Å². The number of piperidine rings is 1. The Morgan fingerprint density at radius 3 is 2.83 bits per heavy atom. The summed E-state index contributed by atoms with van der Waals surface area (Å²) in [7, 11) is 1.90. The van der Waals surface area contributed by atoms with Crippen molar-refractivity contribution < 1.29 is 4.39 Å². The summed E-state index contributed by atoms with van der Waals surface area (Å²) in [5.74, 6) is 0.653. The SMILES string of the molecule is CNCc1cccc(F)c1N1CCC(C)CC1C. The molecule has 1 fully saturated rings. The van der Waals surface area contributed by atoms with Gasteiger partial charge in [0.15, 0.2) is 0 Å². The van der Waals surface area contributed by atoms with Crippen LogP contribution < -0.4 is 10.2 Å². The second kappa shape index (κ2) is 5.70. The molecule has 1 N–H and O–H groups in total. The molecule has 2 atom stereocenters. The van der Waals surface area contributed by atoms with Crippen molar-refractivity contribution in [3.63, 3.8) is 0 Å². The Kier molecular flexibility index (Phi) is 4.23. The van der Waals surface area contributed by atoms with E-state index in [1.54, 1.807) is 12.1 Å². The summed E-state index contributed by atoms with van der Waals surface area (Å²) in [6.45, 7) is 6.15. The van der Waals surface area contributed by atoms with Gasteiger partial charge in [-0.1, -0.05) is 19.1 Å². The Morgan fingerprint density at radius 1 is 1.39 bits per heavy atom. The third-order valence-electron chi connectivity index (χ3n) is 3.86. The average molecular weight is 250 g/mol. The molecule has 0 saturated carbocycles. The van der Waals surface area contributed by atoms with Crippen molar-refractivity contribution in [2.24, 2.45) is 5.92 Å². The van der Waals surface area contributed by atoms with Crippen molar-refractivity contribution in [3.8, 4) is 0 Å². The van der Waals surface area contributed by atoms with Gasteiger partial charge in [-0.05, 0) is 44.4 Å². The minimum Gasteiger partial charge on any atom is -0.366 e. The average Bonchev–Trinajstić information content (AvgIpc) is 2.31. The van der Waals surface area contributed by atoms with E-state index in [0.29, 0.717) is 12.6 Å². The monoisotopic (exact) mass is 250 g/mol. The molecule has 3 heteroatoms. The van der Waals surface area contributed by atoms with E-state index in [1.807, 2.05) is 13.1 Å². The van der Waals surface area contributed by atoms with E-state index in [4.69, 9.17) is 0 Å². The summed E-state index contributed by atoms with van der Waals surface area (Å²) in [5, 5.41) is 3.12. The minimum atomic E-state index is -0.0934. The van der Waals surface area contributed by atoms with E-state index in [0.717, 1.165) is 36.6 Å². The van der Waals surface area contributed by atoms with Crippen LogP contribution in [0.25, 0.3) is 0 Å². The summed E-state index contributed by atoms with van der Waals surface area (Å²) >= 11 is 0. The van der Waals surface area contributed by atoms with E-state index >= 15 is 0 Å². The maximum atomic E-state index is 14.2. The van der Waals surface area contributed by atoms with Crippen LogP contribution in [0.4, 0.5) is 10.1 Å². The lowest BCUT2D eigenvalue weighted by molar-refractivity contribution is 0.374. The molecular weight excluding hydrogens is 227 g/mol. The fourth-order valence-electron chi connectivity index (χ4n) is 2.95. The van der Waals surface area contributed by atoms with Crippen molar-refractivity contribution in [2.45, 2.75) is 39.3 Å². The molecule has 0 aromatic heterocycles. The minimum absolute atomic E-state index is 0.0934. The van der Waals surface area contributed by atoms with Crippen LogP contribution in [0.2, 0.25) is 0 Å². The van der Waals surface area contributed by atoms with Crippen LogP contribution >= 0.6 is 0 Å². The smallest absolute Gasteiger partial charge is 0.146 e. The van der Waals surface area contributed by atoms with Crippen LogP contribution in [0.3, 0.4) is 0 Å². The molecule has 0 aliphatic carbocycles. The fourth-order valence-corrected chi connectivity index (χ4v) is 2.95. The molecule has 1 aliphatic heterocycles. The number of nitrogens with zero attached hydrogens (tertiary/aromatic N) is 1. The fraction of sp³-hybridized carbons (Fsp3) is 0.600. The number of benzene rings is 1. The summed E-state index contributed by atoms with van der Waals surface area (Å²) in [5.41, 5.74) is 1.85. The molecule has 1 aromatic rings. The quantitative estimate of drug-likeness (QED) is 0.886. The number of para-hydroxylation sites is 1. The van der Waals surface area contributed by atoms with E-state index in [2.05, 4.69) is 24.1 Å². The highest BCUT2D eigenvalue weighted by molar-refractivity contribution is 5.56. The van der Waals surface area contributed by atoms with Crippen molar-refractivity contribution >= 4 is 5.69 Å². The molecule has 0 amide bonds. The van der Waals surface area contributed by atoms with Gasteiger partial charge in [-0.2, -0.15) is 0 Å². The predicted octanol–water partition coefficient (Wildman–Crippen LogP) is 3.17. The second-order valence-corrected chi connectivity index (χ2v) is 5.45. The van der Waals surface area contributed by atoms with Gasteiger partial charge in [0.1, 0.15) is 5.82 Å². The lowest BCUT2D eigenvalue weighted by Gasteiger charge is -2.39. The Labute approximate surface area is 109 Å². The van der Waals surface area contributed by atoms with Gasteiger partial charge in [-0.15, -0.1) is 0 Å². The van der Waals surface area contributed by atoms with Crippen LogP contribution in [-0.4, -0.2) is 19.6 Å². The van der Waals surface area contributed by atoms with Gasteiger partial charge in [0, 0.05) is 19.1 Å². The van der Waals surface area contributed by atoms with Gasteiger partial charge in [0.05, 0.1) is 5.69 Å². The molecule has 1 aliphatic rings. The number of halogens is 1. The molecule has 2 unspecified atom stereocenters. The molecule has 0 bridgehead atoms. The van der Waals surface area contributed by atoms with Gasteiger partial charge in [0.2, 0.25) is 0 Å². The zero-order valence-electron chi connectivity index (χ0n) is 11.5. The summed E-state index contributed by atoms with van der Waals surface area (Å²) in [6.07, 6.45) is 2.30. The Balaban J connectivity index is 2.31. The predicted molar refractivity (Wildman–Crippen MR) is 74.4 cm³/mol. The topological polar surface area (TPSA) is 15.3 Å². The third kappa shape index (κ3) is 2.66. The number of hydrogen-bond acceptors (Lipinski definition) is 2. The van der Waals surface area contributed by atoms with E-state index < -0.39 is 0 Å². The van der Waals surface area contributed by atoms with Gasteiger partial charge in [0.25, 0.3) is 0 Å². The van der Waals surface area contributed by atoms with Gasteiger partial charge in [-0.25, -0.2) is 4.39 Å². The maximum absolute atomic E-state index is 14.2. The molecular formula is C15H23FN2. The third-order valence-corrected chi connectivity index (χ3v) is 3.86. The Morgan fingerprint density at radius 2 is 2.17 bits per heavy atom. The zero-order valence-corrected chi connectivity index (χ0v) is 11.5. The lowest BCUT2D eigenvalue weighted by atomic mass is 9.92. The number of anilines is 1.